The SMILES string of the molecule is Cn1cc(-c2ccc(Cn3cc(C(=O)N[C@H]4CCOC[C@@H]4O)c4sccc4c3=O)c(F)c2)cn1. The third kappa shape index (κ3) is 4.27. The molecule has 2 N–H and O–H groups in total. The summed E-state index contributed by atoms with van der Waals surface area (Å²) in [5, 5.41) is 19.2. The molecule has 8 nitrogen and oxygen atoms in total. The summed E-state index contributed by atoms with van der Waals surface area (Å²) in [6, 6.07) is 6.07. The standard InChI is InChI=1S/C24H23FN4O4S/c1-28-10-16(9-26-28)14-2-3-15(19(25)8-14)11-29-12-18(22-17(24(29)32)5-7-34-22)23(31)27-20-4-6-33-13-21(20)30/h2-3,5,7-10,12,20-21,30H,4,6,11,13H2,1H3,(H,27,31)/t20-,21-/m0/s1. The summed E-state index contributed by atoms with van der Waals surface area (Å²) >= 11 is 1.30. The molecule has 1 amide bonds. The molecule has 5 rings (SSSR count). The number of nitrogens with one attached hydrogen (secondary N) is 1. The molecule has 1 aliphatic rings. The van der Waals surface area contributed by atoms with E-state index in [-0.39, 0.29) is 24.6 Å². The fraction of sp³-hybridized carbons (Fsp3) is 0.292. The lowest BCUT2D eigenvalue weighted by Gasteiger charge is -2.28. The summed E-state index contributed by atoms with van der Waals surface area (Å²) in [6.07, 6.45) is 4.62. The van der Waals surface area contributed by atoms with Gasteiger partial charge >= 0.3 is 0 Å². The highest BCUT2D eigenvalue weighted by Gasteiger charge is 2.27. The Kier molecular flexibility index (Phi) is 6.03. The maximum atomic E-state index is 15.0. The van der Waals surface area contributed by atoms with Crippen LogP contribution in [0.4, 0.5) is 4.39 Å². The Morgan fingerprint density at radius 2 is 2.18 bits per heavy atom. The number of aromatic nitrogens is 3. The number of carbonyl (C=O) groups excluding carboxylic acids is 1. The number of nitrogens with zero attached hydrogens (tertiary/aromatic N) is 3. The van der Waals surface area contributed by atoms with E-state index < -0.39 is 18.0 Å². The van der Waals surface area contributed by atoms with E-state index in [1.807, 2.05) is 0 Å². The van der Waals surface area contributed by atoms with Gasteiger partial charge in [0.2, 0.25) is 0 Å². The molecule has 10 heteroatoms. The number of hydrogen-bond donors (Lipinski definition) is 2. The summed E-state index contributed by atoms with van der Waals surface area (Å²) in [5.74, 6) is -0.838. The van der Waals surface area contributed by atoms with Gasteiger partial charge in [-0.05, 0) is 29.5 Å². The van der Waals surface area contributed by atoms with Gasteiger partial charge in [-0.25, -0.2) is 4.39 Å². The second kappa shape index (κ2) is 9.13. The van der Waals surface area contributed by atoms with Crippen molar-refractivity contribution in [1.29, 1.82) is 0 Å². The first-order valence-electron chi connectivity index (χ1n) is 10.9. The maximum absolute atomic E-state index is 15.0. The highest BCUT2D eigenvalue weighted by Crippen LogP contribution is 2.25. The number of benzene rings is 1. The molecule has 0 spiro atoms. The molecule has 4 aromatic rings. The number of rotatable bonds is 5. The van der Waals surface area contributed by atoms with Gasteiger partial charge in [0, 0.05) is 37.2 Å². The fourth-order valence-electron chi connectivity index (χ4n) is 4.14. The van der Waals surface area contributed by atoms with Gasteiger partial charge < -0.3 is 19.7 Å². The zero-order valence-corrected chi connectivity index (χ0v) is 19.2. The van der Waals surface area contributed by atoms with E-state index in [4.69, 9.17) is 4.74 Å². The number of pyridine rings is 1. The third-order valence-corrected chi connectivity index (χ3v) is 6.95. The summed E-state index contributed by atoms with van der Waals surface area (Å²) in [7, 11) is 1.79. The van der Waals surface area contributed by atoms with E-state index in [0.717, 1.165) is 5.56 Å². The second-order valence-electron chi connectivity index (χ2n) is 8.36. The van der Waals surface area contributed by atoms with Crippen molar-refractivity contribution in [3.05, 3.63) is 75.5 Å². The van der Waals surface area contributed by atoms with Crippen LogP contribution in [-0.4, -0.2) is 50.7 Å². The quantitative estimate of drug-likeness (QED) is 0.456. The molecule has 0 bridgehead atoms. The van der Waals surface area contributed by atoms with Crippen LogP contribution >= 0.6 is 11.3 Å². The van der Waals surface area contributed by atoms with Crippen molar-refractivity contribution >= 4 is 27.3 Å². The van der Waals surface area contributed by atoms with Crippen LogP contribution in [0.2, 0.25) is 0 Å². The van der Waals surface area contributed by atoms with Crippen LogP contribution in [0, 0.1) is 5.82 Å². The number of amides is 1. The Morgan fingerprint density at radius 3 is 2.91 bits per heavy atom. The Hall–Kier alpha value is -3.34. The van der Waals surface area contributed by atoms with Gasteiger partial charge in [-0.2, -0.15) is 5.10 Å². The second-order valence-corrected chi connectivity index (χ2v) is 9.28. The molecular weight excluding hydrogens is 459 g/mol. The van der Waals surface area contributed by atoms with Crippen LogP contribution in [0.25, 0.3) is 21.2 Å². The molecule has 2 atom stereocenters. The topological polar surface area (TPSA) is 98.4 Å². The van der Waals surface area contributed by atoms with Crippen LogP contribution in [0.3, 0.4) is 0 Å². The number of fused-ring (bicyclic) bond motifs is 1. The number of thiophene rings is 1. The molecule has 1 saturated heterocycles. The van der Waals surface area contributed by atoms with Crippen molar-refractivity contribution in [2.45, 2.75) is 25.1 Å². The van der Waals surface area contributed by atoms with E-state index in [9.17, 15) is 19.1 Å². The molecule has 176 valence electrons. The lowest BCUT2D eigenvalue weighted by atomic mass is 10.1. The van der Waals surface area contributed by atoms with Crippen LogP contribution < -0.4 is 10.9 Å². The normalized spacial score (nSPS) is 18.3. The summed E-state index contributed by atoms with van der Waals surface area (Å²) in [4.78, 5) is 26.2. The highest BCUT2D eigenvalue weighted by atomic mass is 32.1. The molecule has 0 aliphatic carbocycles. The highest BCUT2D eigenvalue weighted by molar-refractivity contribution is 7.17. The first-order valence-corrected chi connectivity index (χ1v) is 11.7. The Bertz CT molecular complexity index is 1430. The number of ether oxygens (including phenoxy) is 1. The number of hydrogen-bond acceptors (Lipinski definition) is 6. The molecule has 3 aromatic heterocycles. The van der Waals surface area contributed by atoms with E-state index in [1.54, 1.807) is 47.7 Å². The molecule has 4 heterocycles. The predicted octanol–water partition coefficient (Wildman–Crippen LogP) is 2.53. The number of aryl methyl sites for hydroxylation is 1. The van der Waals surface area contributed by atoms with Crippen LogP contribution in [0.15, 0.2) is 53.0 Å². The van der Waals surface area contributed by atoms with Crippen LogP contribution in [-0.2, 0) is 18.3 Å². The molecule has 1 fully saturated rings. The summed E-state index contributed by atoms with van der Waals surface area (Å²) in [6.45, 7) is 0.585. The largest absolute Gasteiger partial charge is 0.389 e. The average Bonchev–Trinajstić information content (AvgIpc) is 3.48. The van der Waals surface area contributed by atoms with Crippen molar-refractivity contribution in [3.63, 3.8) is 0 Å². The van der Waals surface area contributed by atoms with Gasteiger partial charge in [-0.1, -0.05) is 12.1 Å². The van der Waals surface area contributed by atoms with Gasteiger partial charge in [-0.15, -0.1) is 11.3 Å². The molecular formula is C24H23FN4O4S. The van der Waals surface area contributed by atoms with Gasteiger partial charge in [-0.3, -0.25) is 14.3 Å². The van der Waals surface area contributed by atoms with Crippen LogP contribution in [0.5, 0.6) is 0 Å². The number of aliphatic hydroxyl groups is 1. The van der Waals surface area contributed by atoms with Gasteiger partial charge in [0.25, 0.3) is 11.5 Å². The lowest BCUT2D eigenvalue weighted by molar-refractivity contribution is -0.0260. The van der Waals surface area contributed by atoms with E-state index >= 15 is 0 Å². The van der Waals surface area contributed by atoms with Gasteiger partial charge in [0.15, 0.2) is 0 Å². The molecule has 0 radical (unpaired) electrons. The molecule has 0 saturated carbocycles. The van der Waals surface area contributed by atoms with Gasteiger partial charge in [0.05, 0.1) is 47.1 Å². The first-order chi connectivity index (χ1) is 16.4. The Labute approximate surface area is 198 Å². The van der Waals surface area contributed by atoms with Crippen molar-refractivity contribution in [2.75, 3.05) is 13.2 Å². The first kappa shape index (κ1) is 22.5. The smallest absolute Gasteiger partial charge is 0.259 e. The van der Waals surface area contributed by atoms with Crippen molar-refractivity contribution in [3.8, 4) is 11.1 Å². The number of aliphatic hydroxyl groups excluding tert-OH is 1. The number of halogens is 1. The average molecular weight is 483 g/mol. The van der Waals surface area contributed by atoms with Crippen LogP contribution in [0.1, 0.15) is 22.3 Å². The minimum absolute atomic E-state index is 0.0239. The number of carbonyl (C=O) groups is 1. The van der Waals surface area contributed by atoms with E-state index in [2.05, 4.69) is 10.4 Å². The van der Waals surface area contributed by atoms with E-state index in [1.165, 1.54) is 28.2 Å². The minimum Gasteiger partial charge on any atom is -0.389 e. The zero-order valence-electron chi connectivity index (χ0n) is 18.4. The molecule has 1 aliphatic heterocycles. The molecule has 1 aromatic carbocycles. The Balaban J connectivity index is 1.46. The summed E-state index contributed by atoms with van der Waals surface area (Å²) < 4.78 is 23.7. The molecule has 34 heavy (non-hydrogen) atoms. The van der Waals surface area contributed by atoms with Crippen molar-refractivity contribution in [2.24, 2.45) is 7.05 Å². The van der Waals surface area contributed by atoms with E-state index in [0.29, 0.717) is 39.8 Å². The minimum atomic E-state index is -0.796. The maximum Gasteiger partial charge on any atom is 0.259 e. The Morgan fingerprint density at radius 1 is 1.32 bits per heavy atom. The summed E-state index contributed by atoms with van der Waals surface area (Å²) in [5.41, 5.74) is 1.82. The van der Waals surface area contributed by atoms with Gasteiger partial charge in [0.1, 0.15) is 5.82 Å². The zero-order chi connectivity index (χ0) is 23.8. The molecule has 0 unspecified atom stereocenters. The van der Waals surface area contributed by atoms with Crippen molar-refractivity contribution < 1.29 is 19.0 Å². The predicted molar refractivity (Wildman–Crippen MR) is 126 cm³/mol. The monoisotopic (exact) mass is 482 g/mol. The van der Waals surface area contributed by atoms with Crippen molar-refractivity contribution in [1.82, 2.24) is 19.7 Å². The fourth-order valence-corrected chi connectivity index (χ4v) is 5.03. The third-order valence-electron chi connectivity index (χ3n) is 6.01. The lowest BCUT2D eigenvalue weighted by Crippen LogP contribution is -2.48.